The van der Waals surface area contributed by atoms with Gasteiger partial charge in [-0.1, -0.05) is 44.2 Å². The predicted molar refractivity (Wildman–Crippen MR) is 92.4 cm³/mol. The van der Waals surface area contributed by atoms with Crippen LogP contribution in [0.2, 0.25) is 0 Å². The number of rotatable bonds is 2. The van der Waals surface area contributed by atoms with Crippen molar-refractivity contribution in [1.29, 1.82) is 0 Å². The molecule has 6 heteroatoms. The molecule has 3 nitrogen and oxygen atoms in total. The van der Waals surface area contributed by atoms with Crippen molar-refractivity contribution in [2.24, 2.45) is 11.1 Å². The Morgan fingerprint density at radius 3 is 2.54 bits per heavy atom. The maximum absolute atomic E-state index is 13.4. The maximum atomic E-state index is 13.4. The van der Waals surface area contributed by atoms with Crippen molar-refractivity contribution in [2.75, 3.05) is 0 Å². The minimum Gasteiger partial charge on any atom is -0.441 e. The number of halogens is 3. The van der Waals surface area contributed by atoms with E-state index >= 15 is 0 Å². The molecule has 0 saturated carbocycles. The largest absolute Gasteiger partial charge is 0.441 e. The molecule has 0 spiro atoms. The summed E-state index contributed by atoms with van der Waals surface area (Å²) in [5.41, 5.74) is 6.39. The van der Waals surface area contributed by atoms with Gasteiger partial charge in [-0.2, -0.15) is 13.2 Å². The number of hydrogen-bond acceptors (Lipinski definition) is 2. The maximum Gasteiger partial charge on any atom is 0.417 e. The first-order valence-electron chi connectivity index (χ1n) is 8.35. The number of benzene rings is 2. The molecule has 0 fully saturated rings. The van der Waals surface area contributed by atoms with Gasteiger partial charge in [-0.3, -0.25) is 0 Å². The summed E-state index contributed by atoms with van der Waals surface area (Å²) in [7, 11) is 0. The molecule has 0 radical (unpaired) electrons. The summed E-state index contributed by atoms with van der Waals surface area (Å²) in [6, 6.07) is 10.6. The summed E-state index contributed by atoms with van der Waals surface area (Å²) in [5.74, 6) is 0. The quantitative estimate of drug-likeness (QED) is 0.768. The van der Waals surface area contributed by atoms with Crippen LogP contribution in [-0.2, 0) is 17.3 Å². The number of hydrogen-bond donors (Lipinski definition) is 1. The molecule has 26 heavy (non-hydrogen) atoms. The number of aryl methyl sites for hydroxylation is 1. The predicted octanol–water partition coefficient (Wildman–Crippen LogP) is 5.48. The normalized spacial score (nSPS) is 18.9. The first kappa shape index (κ1) is 18.3. The van der Waals surface area contributed by atoms with Gasteiger partial charge in [0.15, 0.2) is 0 Å². The second kappa shape index (κ2) is 6.34. The zero-order valence-electron chi connectivity index (χ0n) is 14.6. The molecule has 0 aromatic heterocycles. The van der Waals surface area contributed by atoms with Gasteiger partial charge in [-0.25, -0.2) is 4.79 Å². The Kier molecular flexibility index (Phi) is 4.46. The summed E-state index contributed by atoms with van der Waals surface area (Å²) < 4.78 is 45.4. The van der Waals surface area contributed by atoms with Gasteiger partial charge in [-0.15, -0.1) is 0 Å². The number of carbonyl (C=O) groups is 1. The number of nitrogens with two attached hydrogens (primary N) is 1. The average molecular weight is 363 g/mol. The van der Waals surface area contributed by atoms with E-state index in [4.69, 9.17) is 10.5 Å². The molecule has 0 aliphatic heterocycles. The number of carbonyl (C=O) groups excluding carboxylic acids is 1. The number of fused-ring (bicyclic) bond motifs is 1. The third-order valence-electron chi connectivity index (χ3n) is 4.95. The minimum absolute atomic E-state index is 0.101. The molecule has 1 aliphatic rings. The fourth-order valence-corrected chi connectivity index (χ4v) is 3.56. The Morgan fingerprint density at radius 2 is 1.88 bits per heavy atom. The highest BCUT2D eigenvalue weighted by Crippen LogP contribution is 2.47. The van der Waals surface area contributed by atoms with Crippen LogP contribution in [0.3, 0.4) is 0 Å². The Morgan fingerprint density at radius 1 is 1.19 bits per heavy atom. The third kappa shape index (κ3) is 3.41. The van der Waals surface area contributed by atoms with E-state index in [-0.39, 0.29) is 11.0 Å². The number of alkyl halides is 3. The number of ether oxygens (including phenoxy) is 1. The zero-order chi connectivity index (χ0) is 19.1. The second-order valence-corrected chi connectivity index (χ2v) is 7.26. The van der Waals surface area contributed by atoms with Crippen LogP contribution < -0.4 is 5.73 Å². The summed E-state index contributed by atoms with van der Waals surface area (Å²) in [6.07, 6.45) is -4.38. The second-order valence-electron chi connectivity index (χ2n) is 7.26. The lowest BCUT2D eigenvalue weighted by molar-refractivity contribution is -0.137. The highest BCUT2D eigenvalue weighted by atomic mass is 19.4. The van der Waals surface area contributed by atoms with E-state index < -0.39 is 23.9 Å². The number of primary amides is 1. The fraction of sp³-hybridized carbons (Fsp3) is 0.350. The van der Waals surface area contributed by atoms with Crippen LogP contribution in [0.4, 0.5) is 18.0 Å². The summed E-state index contributed by atoms with van der Waals surface area (Å²) in [4.78, 5) is 11.4. The minimum atomic E-state index is -4.45. The van der Waals surface area contributed by atoms with Crippen molar-refractivity contribution in [3.05, 3.63) is 59.2 Å². The Hall–Kier alpha value is -2.50. The van der Waals surface area contributed by atoms with E-state index in [0.717, 1.165) is 30.0 Å². The molecular weight excluding hydrogens is 343 g/mol. The Bertz CT molecular complexity index is 843. The van der Waals surface area contributed by atoms with Crippen LogP contribution in [0, 0.1) is 5.41 Å². The highest BCUT2D eigenvalue weighted by Gasteiger charge is 2.39. The van der Waals surface area contributed by atoms with Crippen LogP contribution in [0.25, 0.3) is 11.1 Å². The van der Waals surface area contributed by atoms with Crippen LogP contribution >= 0.6 is 0 Å². The van der Waals surface area contributed by atoms with Gasteiger partial charge in [0.05, 0.1) is 5.56 Å². The summed E-state index contributed by atoms with van der Waals surface area (Å²) >= 11 is 0. The van der Waals surface area contributed by atoms with Gasteiger partial charge in [-0.05, 0) is 47.2 Å². The van der Waals surface area contributed by atoms with E-state index in [1.807, 2.05) is 19.9 Å². The standard InChI is InChI=1S/C20H20F3NO2/c1-19(2)10-9-12-7-8-13(11-15(12)17(19)26-18(24)25)14-5-3-4-6-16(14)20(21,22)23/h3-8,11,17H,9-10H2,1-2H3,(H2,24,25). The van der Waals surface area contributed by atoms with Crippen molar-refractivity contribution >= 4 is 6.09 Å². The molecular formula is C20H20F3NO2. The van der Waals surface area contributed by atoms with Gasteiger partial charge >= 0.3 is 12.3 Å². The van der Waals surface area contributed by atoms with Crippen LogP contribution in [-0.4, -0.2) is 6.09 Å². The lowest BCUT2D eigenvalue weighted by Crippen LogP contribution is -2.33. The fourth-order valence-electron chi connectivity index (χ4n) is 3.56. The molecule has 1 aliphatic carbocycles. The Balaban J connectivity index is 2.14. The molecule has 0 saturated heterocycles. The van der Waals surface area contributed by atoms with E-state index in [2.05, 4.69) is 0 Å². The van der Waals surface area contributed by atoms with Crippen LogP contribution in [0.5, 0.6) is 0 Å². The molecule has 1 atom stereocenters. The van der Waals surface area contributed by atoms with Gasteiger partial charge in [0.1, 0.15) is 6.10 Å². The van der Waals surface area contributed by atoms with E-state index in [0.29, 0.717) is 5.56 Å². The first-order chi connectivity index (χ1) is 12.1. The Labute approximate surface area is 150 Å². The molecule has 138 valence electrons. The van der Waals surface area contributed by atoms with Gasteiger partial charge in [0.2, 0.25) is 0 Å². The van der Waals surface area contributed by atoms with Crippen molar-refractivity contribution in [3.63, 3.8) is 0 Å². The summed E-state index contributed by atoms with van der Waals surface area (Å²) in [5, 5.41) is 0. The monoisotopic (exact) mass is 363 g/mol. The van der Waals surface area contributed by atoms with Crippen molar-refractivity contribution in [1.82, 2.24) is 0 Å². The molecule has 0 heterocycles. The van der Waals surface area contributed by atoms with Gasteiger partial charge in [0.25, 0.3) is 0 Å². The molecule has 1 amide bonds. The number of amides is 1. The molecule has 2 N–H and O–H groups in total. The molecule has 1 unspecified atom stereocenters. The van der Waals surface area contributed by atoms with Gasteiger partial charge in [0, 0.05) is 5.41 Å². The lowest BCUT2D eigenvalue weighted by Gasteiger charge is -2.39. The first-order valence-corrected chi connectivity index (χ1v) is 8.35. The van der Waals surface area contributed by atoms with Crippen molar-refractivity contribution < 1.29 is 22.7 Å². The molecule has 2 aromatic carbocycles. The zero-order valence-corrected chi connectivity index (χ0v) is 14.6. The van der Waals surface area contributed by atoms with Crippen molar-refractivity contribution in [2.45, 2.75) is 39.0 Å². The smallest absolute Gasteiger partial charge is 0.417 e. The van der Waals surface area contributed by atoms with Crippen LogP contribution in [0.1, 0.15) is 43.1 Å². The van der Waals surface area contributed by atoms with Crippen LogP contribution in [0.15, 0.2) is 42.5 Å². The van der Waals surface area contributed by atoms with E-state index in [1.165, 1.54) is 12.1 Å². The molecule has 2 aromatic rings. The topological polar surface area (TPSA) is 52.3 Å². The lowest BCUT2D eigenvalue weighted by atomic mass is 9.71. The average Bonchev–Trinajstić information content (AvgIpc) is 2.56. The van der Waals surface area contributed by atoms with Gasteiger partial charge < -0.3 is 10.5 Å². The van der Waals surface area contributed by atoms with E-state index in [9.17, 15) is 18.0 Å². The molecule has 3 rings (SSSR count). The highest BCUT2D eigenvalue weighted by molar-refractivity contribution is 5.70. The van der Waals surface area contributed by atoms with Crippen molar-refractivity contribution in [3.8, 4) is 11.1 Å². The SMILES string of the molecule is CC1(C)CCc2ccc(-c3ccccc3C(F)(F)F)cc2C1OC(N)=O. The molecule has 0 bridgehead atoms. The third-order valence-corrected chi connectivity index (χ3v) is 4.95. The summed E-state index contributed by atoms with van der Waals surface area (Å²) in [6.45, 7) is 3.92. The van der Waals surface area contributed by atoms with E-state index in [1.54, 1.807) is 18.2 Å².